The van der Waals surface area contributed by atoms with Gasteiger partial charge in [0, 0.05) is 5.39 Å². The van der Waals surface area contributed by atoms with Crippen LogP contribution in [0.1, 0.15) is 33.1 Å². The molecule has 0 unspecified atom stereocenters. The number of amides is 1. The topological polar surface area (TPSA) is 59.3 Å². The van der Waals surface area contributed by atoms with E-state index < -0.39 is 11.5 Å². The number of fused-ring (bicyclic) bond motifs is 1. The summed E-state index contributed by atoms with van der Waals surface area (Å²) in [6.45, 7) is 3.74. The van der Waals surface area contributed by atoms with Gasteiger partial charge < -0.3 is 9.73 Å². The second-order valence-electron chi connectivity index (χ2n) is 7.00. The fraction of sp³-hybridized carbons (Fsp3) is 0.0769. The average Bonchev–Trinajstić information content (AvgIpc) is 2.79. The van der Waals surface area contributed by atoms with E-state index in [4.69, 9.17) is 4.42 Å². The first-order valence-corrected chi connectivity index (χ1v) is 9.75. The van der Waals surface area contributed by atoms with Crippen LogP contribution in [0, 0.1) is 0 Å². The fourth-order valence-corrected chi connectivity index (χ4v) is 3.54. The summed E-state index contributed by atoms with van der Waals surface area (Å²) in [5, 5.41) is 3.70. The lowest BCUT2D eigenvalue weighted by Crippen LogP contribution is -2.32. The molecule has 0 fully saturated rings. The van der Waals surface area contributed by atoms with Crippen molar-refractivity contribution in [1.29, 1.82) is 0 Å². The fourth-order valence-electron chi connectivity index (χ4n) is 3.54. The Morgan fingerprint density at radius 3 is 2.17 bits per heavy atom. The molecule has 4 heteroatoms. The molecule has 0 saturated heterocycles. The minimum absolute atomic E-state index is 0.0184. The molecule has 0 spiro atoms. The van der Waals surface area contributed by atoms with Crippen LogP contribution in [0.25, 0.3) is 11.0 Å². The second-order valence-corrected chi connectivity index (χ2v) is 7.00. The monoisotopic (exact) mass is 395 g/mol. The van der Waals surface area contributed by atoms with Gasteiger partial charge in [-0.05, 0) is 29.2 Å². The molecule has 3 aromatic carbocycles. The lowest BCUT2D eigenvalue weighted by atomic mass is 9.98. The van der Waals surface area contributed by atoms with Gasteiger partial charge in [0.15, 0.2) is 0 Å². The predicted molar refractivity (Wildman–Crippen MR) is 119 cm³/mol. The van der Waals surface area contributed by atoms with Crippen LogP contribution in [0.2, 0.25) is 0 Å². The number of nitrogens with one attached hydrogen (secondary N) is 1. The minimum Gasteiger partial charge on any atom is -0.422 e. The van der Waals surface area contributed by atoms with Crippen LogP contribution in [-0.2, 0) is 6.42 Å². The Hall–Kier alpha value is -3.92. The van der Waals surface area contributed by atoms with E-state index in [9.17, 15) is 9.59 Å². The van der Waals surface area contributed by atoms with Crippen molar-refractivity contribution in [3.63, 3.8) is 0 Å². The number of rotatable bonds is 6. The summed E-state index contributed by atoms with van der Waals surface area (Å²) in [4.78, 5) is 25.7. The molecule has 0 radical (unpaired) electrons. The molecular weight excluding hydrogens is 374 g/mol. The Morgan fingerprint density at radius 1 is 0.933 bits per heavy atom. The second kappa shape index (κ2) is 8.62. The summed E-state index contributed by atoms with van der Waals surface area (Å²) >= 11 is 0. The Labute approximate surface area is 174 Å². The third-order valence-electron chi connectivity index (χ3n) is 4.99. The van der Waals surface area contributed by atoms with Gasteiger partial charge in [-0.3, -0.25) is 4.79 Å². The molecular formula is C26H21NO3. The van der Waals surface area contributed by atoms with Crippen molar-refractivity contribution in [2.45, 2.75) is 12.5 Å². The zero-order valence-electron chi connectivity index (χ0n) is 16.4. The number of carbonyl (C=O) groups excluding carboxylic acids is 1. The zero-order valence-corrected chi connectivity index (χ0v) is 16.4. The highest BCUT2D eigenvalue weighted by Gasteiger charge is 2.21. The molecule has 4 nitrogen and oxygen atoms in total. The number of allylic oxidation sites excluding steroid dienone is 1. The maximum absolute atomic E-state index is 13.1. The maximum atomic E-state index is 13.1. The van der Waals surface area contributed by atoms with Gasteiger partial charge in [-0.25, -0.2) is 4.79 Å². The lowest BCUT2D eigenvalue weighted by Gasteiger charge is -2.19. The smallest absolute Gasteiger partial charge is 0.349 e. The van der Waals surface area contributed by atoms with Crippen molar-refractivity contribution in [1.82, 2.24) is 5.32 Å². The van der Waals surface area contributed by atoms with Crippen molar-refractivity contribution >= 4 is 16.9 Å². The molecule has 0 aliphatic heterocycles. The van der Waals surface area contributed by atoms with Crippen LogP contribution in [0.5, 0.6) is 0 Å². The Kier molecular flexibility index (Phi) is 5.57. The molecule has 4 aromatic rings. The summed E-state index contributed by atoms with van der Waals surface area (Å²) in [7, 11) is 0. The number of hydrogen-bond acceptors (Lipinski definition) is 3. The summed E-state index contributed by atoms with van der Waals surface area (Å²) < 4.78 is 5.53. The third kappa shape index (κ3) is 3.94. The van der Waals surface area contributed by atoms with E-state index in [1.54, 1.807) is 12.1 Å². The standard InChI is InChI=1S/C26H21NO3/c1-2-10-20-15-9-16-21-17-22(26(29)30-24(20)21)25(28)27-23(18-11-5-3-6-12-18)19-13-7-4-8-14-19/h2-9,11-17,23H,1,10H2,(H,27,28). The Morgan fingerprint density at radius 2 is 1.57 bits per heavy atom. The summed E-state index contributed by atoms with van der Waals surface area (Å²) in [6.07, 6.45) is 2.33. The molecule has 0 aliphatic carbocycles. The molecule has 0 aliphatic rings. The van der Waals surface area contributed by atoms with E-state index in [0.717, 1.165) is 16.7 Å². The first kappa shape index (κ1) is 19.4. The van der Waals surface area contributed by atoms with Crippen molar-refractivity contribution in [2.75, 3.05) is 0 Å². The molecule has 1 amide bonds. The molecule has 148 valence electrons. The van der Waals surface area contributed by atoms with Gasteiger partial charge in [0.05, 0.1) is 6.04 Å². The van der Waals surface area contributed by atoms with E-state index in [2.05, 4.69) is 11.9 Å². The van der Waals surface area contributed by atoms with Crippen molar-refractivity contribution < 1.29 is 9.21 Å². The molecule has 0 bridgehead atoms. The summed E-state index contributed by atoms with van der Waals surface area (Å²) in [5.41, 5.74) is 2.53. The average molecular weight is 395 g/mol. The number of hydrogen-bond donors (Lipinski definition) is 1. The number of para-hydroxylation sites is 1. The Balaban J connectivity index is 1.73. The van der Waals surface area contributed by atoms with E-state index in [1.165, 1.54) is 0 Å². The van der Waals surface area contributed by atoms with Crippen LogP contribution >= 0.6 is 0 Å². The van der Waals surface area contributed by atoms with Crippen molar-refractivity contribution in [3.8, 4) is 0 Å². The van der Waals surface area contributed by atoms with E-state index in [0.29, 0.717) is 17.4 Å². The summed E-state index contributed by atoms with van der Waals surface area (Å²) in [6, 6.07) is 26.1. The van der Waals surface area contributed by atoms with Gasteiger partial charge in [-0.1, -0.05) is 84.9 Å². The van der Waals surface area contributed by atoms with Crippen molar-refractivity contribution in [2.24, 2.45) is 0 Å². The van der Waals surface area contributed by atoms with Gasteiger partial charge in [0.25, 0.3) is 5.91 Å². The highest BCUT2D eigenvalue weighted by molar-refractivity contribution is 5.97. The first-order valence-electron chi connectivity index (χ1n) is 9.75. The number of carbonyl (C=O) groups is 1. The zero-order chi connectivity index (χ0) is 20.9. The third-order valence-corrected chi connectivity index (χ3v) is 4.99. The van der Waals surface area contributed by atoms with Crippen LogP contribution in [0.3, 0.4) is 0 Å². The molecule has 1 aromatic heterocycles. The maximum Gasteiger partial charge on any atom is 0.349 e. The van der Waals surface area contributed by atoms with Crippen molar-refractivity contribution in [3.05, 3.63) is 130 Å². The summed E-state index contributed by atoms with van der Waals surface area (Å²) in [5.74, 6) is -0.475. The van der Waals surface area contributed by atoms with Gasteiger partial charge >= 0.3 is 5.63 Å². The SMILES string of the molecule is C=CCc1cccc2cc(C(=O)NC(c3ccccc3)c3ccccc3)c(=O)oc12. The highest BCUT2D eigenvalue weighted by Crippen LogP contribution is 2.23. The van der Waals surface area contributed by atoms with Gasteiger partial charge in [0.1, 0.15) is 11.1 Å². The van der Waals surface area contributed by atoms with Crippen LogP contribution in [0.15, 0.2) is 107 Å². The highest BCUT2D eigenvalue weighted by atomic mass is 16.4. The Bertz CT molecular complexity index is 1200. The molecule has 4 rings (SSSR count). The van der Waals surface area contributed by atoms with Crippen LogP contribution < -0.4 is 10.9 Å². The molecule has 1 heterocycles. The largest absolute Gasteiger partial charge is 0.422 e. The first-order chi connectivity index (χ1) is 14.7. The quantitative estimate of drug-likeness (QED) is 0.367. The normalized spacial score (nSPS) is 10.8. The molecule has 0 atom stereocenters. The lowest BCUT2D eigenvalue weighted by molar-refractivity contribution is 0.0939. The molecule has 30 heavy (non-hydrogen) atoms. The van der Waals surface area contributed by atoms with Crippen LogP contribution in [-0.4, -0.2) is 5.91 Å². The minimum atomic E-state index is -0.656. The van der Waals surface area contributed by atoms with Gasteiger partial charge in [-0.15, -0.1) is 6.58 Å². The van der Waals surface area contributed by atoms with Gasteiger partial charge in [0.2, 0.25) is 0 Å². The van der Waals surface area contributed by atoms with E-state index in [1.807, 2.05) is 78.9 Å². The van der Waals surface area contributed by atoms with Crippen LogP contribution in [0.4, 0.5) is 0 Å². The van der Waals surface area contributed by atoms with E-state index >= 15 is 0 Å². The van der Waals surface area contributed by atoms with Gasteiger partial charge in [-0.2, -0.15) is 0 Å². The molecule has 1 N–H and O–H groups in total. The number of benzene rings is 3. The van der Waals surface area contributed by atoms with E-state index in [-0.39, 0.29) is 11.6 Å². The predicted octanol–water partition coefficient (Wildman–Crippen LogP) is 5.04. The molecule has 0 saturated carbocycles.